The van der Waals surface area contributed by atoms with Crippen molar-refractivity contribution in [1.29, 1.82) is 0 Å². The van der Waals surface area contributed by atoms with Crippen LogP contribution in [-0.4, -0.2) is 17.3 Å². The number of Topliss-reactive ketones (excluding diaryl/α,β-unsaturated/α-hetero) is 3. The fourth-order valence-electron chi connectivity index (χ4n) is 5.18. The summed E-state index contributed by atoms with van der Waals surface area (Å²) in [5.41, 5.74) is 1.17. The molecule has 0 aromatic heterocycles. The summed E-state index contributed by atoms with van der Waals surface area (Å²) in [6.45, 7) is 1.83. The summed E-state index contributed by atoms with van der Waals surface area (Å²) in [6, 6.07) is 23.9. The number of fused-ring (bicyclic) bond motifs is 1. The van der Waals surface area contributed by atoms with Crippen LogP contribution >= 0.6 is 15.9 Å². The minimum absolute atomic E-state index is 0.147. The van der Waals surface area contributed by atoms with Gasteiger partial charge in [-0.3, -0.25) is 14.4 Å². The van der Waals surface area contributed by atoms with Crippen LogP contribution in [0.5, 0.6) is 0 Å². The molecule has 1 spiro atoms. The van der Waals surface area contributed by atoms with E-state index >= 15 is 0 Å². The van der Waals surface area contributed by atoms with Crippen molar-refractivity contribution in [1.82, 2.24) is 0 Å². The van der Waals surface area contributed by atoms with Gasteiger partial charge in [0.1, 0.15) is 5.41 Å². The first-order valence-electron chi connectivity index (χ1n) is 10.2. The van der Waals surface area contributed by atoms with E-state index in [0.29, 0.717) is 16.7 Å². The average Bonchev–Trinajstić information content (AvgIpc) is 3.15. The summed E-state index contributed by atoms with van der Waals surface area (Å²) >= 11 is 3.45. The second-order valence-corrected chi connectivity index (χ2v) is 9.08. The maximum atomic E-state index is 14.0. The van der Waals surface area contributed by atoms with Gasteiger partial charge in [-0.15, -0.1) is 0 Å². The van der Waals surface area contributed by atoms with Crippen molar-refractivity contribution < 1.29 is 14.4 Å². The van der Waals surface area contributed by atoms with Crippen molar-refractivity contribution in [3.63, 3.8) is 0 Å². The molecular weight excluding hydrogens is 452 g/mol. The molecule has 1 saturated carbocycles. The first-order valence-corrected chi connectivity index (χ1v) is 11.0. The molecule has 0 saturated heterocycles. The van der Waals surface area contributed by atoms with Crippen molar-refractivity contribution in [2.75, 3.05) is 0 Å². The Morgan fingerprint density at radius 1 is 0.774 bits per heavy atom. The number of rotatable bonds is 2. The SMILES string of the molecule is CC1C(=O)/C(=C/c2ccccc2)C2(C(=O)c3ccccc3C2=O)C1c1ccc(Br)cc1. The molecule has 0 bridgehead atoms. The molecule has 152 valence electrons. The number of benzene rings is 3. The van der Waals surface area contributed by atoms with E-state index in [-0.39, 0.29) is 17.3 Å². The van der Waals surface area contributed by atoms with Crippen LogP contribution in [0.3, 0.4) is 0 Å². The van der Waals surface area contributed by atoms with Gasteiger partial charge in [-0.05, 0) is 29.3 Å². The topological polar surface area (TPSA) is 51.2 Å². The van der Waals surface area contributed by atoms with E-state index < -0.39 is 17.3 Å². The van der Waals surface area contributed by atoms with Crippen LogP contribution in [0, 0.1) is 11.3 Å². The third-order valence-corrected chi connectivity index (χ3v) is 7.07. The van der Waals surface area contributed by atoms with Crippen LogP contribution in [-0.2, 0) is 4.79 Å². The van der Waals surface area contributed by atoms with Gasteiger partial charge >= 0.3 is 0 Å². The zero-order valence-corrected chi connectivity index (χ0v) is 18.4. The molecule has 1 fully saturated rings. The van der Waals surface area contributed by atoms with E-state index in [4.69, 9.17) is 0 Å². The Morgan fingerprint density at radius 2 is 1.32 bits per heavy atom. The predicted octanol–water partition coefficient (Wildman–Crippen LogP) is 5.90. The van der Waals surface area contributed by atoms with Crippen LogP contribution in [0.1, 0.15) is 44.7 Å². The van der Waals surface area contributed by atoms with Crippen LogP contribution in [0.2, 0.25) is 0 Å². The Morgan fingerprint density at radius 3 is 1.90 bits per heavy atom. The Bertz CT molecular complexity index is 1220. The fraction of sp³-hybridized carbons (Fsp3) is 0.148. The number of carbonyl (C=O) groups excluding carboxylic acids is 3. The van der Waals surface area contributed by atoms with Gasteiger partial charge in [-0.25, -0.2) is 0 Å². The molecule has 4 heteroatoms. The van der Waals surface area contributed by atoms with E-state index in [1.165, 1.54) is 0 Å². The number of hydrogen-bond acceptors (Lipinski definition) is 3. The summed E-state index contributed by atoms with van der Waals surface area (Å²) < 4.78 is 0.898. The monoisotopic (exact) mass is 470 g/mol. The van der Waals surface area contributed by atoms with Gasteiger partial charge in [-0.1, -0.05) is 89.6 Å². The maximum absolute atomic E-state index is 14.0. The molecule has 0 N–H and O–H groups in total. The third-order valence-electron chi connectivity index (χ3n) is 6.54. The van der Waals surface area contributed by atoms with Crippen LogP contribution in [0.25, 0.3) is 6.08 Å². The number of ketones is 3. The first kappa shape index (κ1) is 19.8. The number of hydrogen-bond donors (Lipinski definition) is 0. The van der Waals surface area contributed by atoms with E-state index in [2.05, 4.69) is 15.9 Å². The van der Waals surface area contributed by atoms with Gasteiger partial charge in [-0.2, -0.15) is 0 Å². The van der Waals surface area contributed by atoms with E-state index in [0.717, 1.165) is 15.6 Å². The lowest BCUT2D eigenvalue weighted by atomic mass is 9.67. The molecule has 0 radical (unpaired) electrons. The minimum atomic E-state index is -1.54. The minimum Gasteiger partial charge on any atom is -0.294 e. The van der Waals surface area contributed by atoms with Crippen molar-refractivity contribution in [3.05, 3.63) is 111 Å². The summed E-state index contributed by atoms with van der Waals surface area (Å²) in [4.78, 5) is 41.5. The smallest absolute Gasteiger partial charge is 0.182 e. The van der Waals surface area contributed by atoms with Gasteiger partial charge in [0, 0.05) is 33.0 Å². The van der Waals surface area contributed by atoms with Gasteiger partial charge in [0.15, 0.2) is 17.3 Å². The highest BCUT2D eigenvalue weighted by Crippen LogP contribution is 2.60. The first-order chi connectivity index (χ1) is 15.0. The van der Waals surface area contributed by atoms with Gasteiger partial charge < -0.3 is 0 Å². The maximum Gasteiger partial charge on any atom is 0.182 e. The molecular formula is C27H19BrO3. The summed E-state index contributed by atoms with van der Waals surface area (Å²) in [7, 11) is 0. The molecule has 3 aromatic rings. The van der Waals surface area contributed by atoms with E-state index in [1.807, 2.05) is 61.5 Å². The highest BCUT2D eigenvalue weighted by atomic mass is 79.9. The molecule has 0 aliphatic heterocycles. The molecule has 31 heavy (non-hydrogen) atoms. The lowest BCUT2D eigenvalue weighted by Crippen LogP contribution is -2.38. The molecule has 0 amide bonds. The summed E-state index contributed by atoms with van der Waals surface area (Å²) in [6.07, 6.45) is 1.74. The van der Waals surface area contributed by atoms with Crippen molar-refractivity contribution >= 4 is 39.4 Å². The van der Waals surface area contributed by atoms with Crippen molar-refractivity contribution in [3.8, 4) is 0 Å². The highest BCUT2D eigenvalue weighted by molar-refractivity contribution is 9.10. The predicted molar refractivity (Wildman–Crippen MR) is 123 cm³/mol. The van der Waals surface area contributed by atoms with Crippen LogP contribution < -0.4 is 0 Å². The normalized spacial score (nSPS) is 23.0. The molecule has 3 nitrogen and oxygen atoms in total. The second kappa shape index (κ2) is 7.24. The Balaban J connectivity index is 1.82. The molecule has 2 aliphatic rings. The number of carbonyl (C=O) groups is 3. The Labute approximate surface area is 188 Å². The lowest BCUT2D eigenvalue weighted by Gasteiger charge is -2.30. The van der Waals surface area contributed by atoms with E-state index in [1.54, 1.807) is 30.3 Å². The molecule has 0 heterocycles. The summed E-state index contributed by atoms with van der Waals surface area (Å²) in [5.74, 6) is -1.76. The van der Waals surface area contributed by atoms with Gasteiger partial charge in [0.05, 0.1) is 0 Å². The largest absolute Gasteiger partial charge is 0.294 e. The van der Waals surface area contributed by atoms with Crippen molar-refractivity contribution in [2.24, 2.45) is 11.3 Å². The highest BCUT2D eigenvalue weighted by Gasteiger charge is 2.67. The zero-order valence-electron chi connectivity index (χ0n) is 16.8. The Kier molecular flexibility index (Phi) is 4.63. The Hall–Kier alpha value is -3.11. The van der Waals surface area contributed by atoms with Gasteiger partial charge in [0.2, 0.25) is 0 Å². The standard InChI is InChI=1S/C27H19BrO3/c1-16-23(18-11-13-19(28)14-12-18)27(22(24(16)29)15-17-7-3-2-4-8-17)25(30)20-9-5-6-10-21(20)26(27)31/h2-16,23H,1H3/b22-15-. The number of halogens is 1. The average molecular weight is 471 g/mol. The van der Waals surface area contributed by atoms with E-state index in [9.17, 15) is 14.4 Å². The quantitative estimate of drug-likeness (QED) is 0.346. The fourth-order valence-corrected chi connectivity index (χ4v) is 5.44. The molecule has 3 aromatic carbocycles. The molecule has 2 atom stereocenters. The van der Waals surface area contributed by atoms with Crippen molar-refractivity contribution in [2.45, 2.75) is 12.8 Å². The van der Waals surface area contributed by atoms with Gasteiger partial charge in [0.25, 0.3) is 0 Å². The molecule has 2 aliphatic carbocycles. The zero-order chi connectivity index (χ0) is 21.8. The lowest BCUT2D eigenvalue weighted by molar-refractivity contribution is -0.117. The second-order valence-electron chi connectivity index (χ2n) is 8.16. The molecule has 2 unspecified atom stereocenters. The third kappa shape index (κ3) is 2.75. The van der Waals surface area contributed by atoms with Crippen LogP contribution in [0.4, 0.5) is 0 Å². The molecule has 5 rings (SSSR count). The van der Waals surface area contributed by atoms with Crippen LogP contribution in [0.15, 0.2) is 88.9 Å². The number of allylic oxidation sites excluding steroid dienone is 1. The summed E-state index contributed by atoms with van der Waals surface area (Å²) in [5, 5.41) is 0.